The van der Waals surface area contributed by atoms with Crippen LogP contribution >= 0.6 is 15.9 Å². The molecule has 0 aromatic carbocycles. The fourth-order valence-electron chi connectivity index (χ4n) is 1.63. The molecular weight excluding hydrogens is 294 g/mol. The number of halogens is 1. The van der Waals surface area contributed by atoms with Crippen LogP contribution in [0.5, 0.6) is 0 Å². The minimum atomic E-state index is -0.0968. The van der Waals surface area contributed by atoms with E-state index in [1.807, 2.05) is 6.07 Å². The van der Waals surface area contributed by atoms with Crippen LogP contribution in [0.2, 0.25) is 0 Å². The van der Waals surface area contributed by atoms with Crippen molar-refractivity contribution in [3.8, 4) is 0 Å². The lowest BCUT2D eigenvalue weighted by molar-refractivity contribution is 0.298. The third kappa shape index (κ3) is 3.92. The Morgan fingerprint density at radius 3 is 2.39 bits per heavy atom. The summed E-state index contributed by atoms with van der Waals surface area (Å²) in [6.45, 7) is 11.1. The normalized spacial score (nSPS) is 12.0. The van der Waals surface area contributed by atoms with Gasteiger partial charge < -0.3 is 10.0 Å². The fraction of sp³-hybridized carbons (Fsp3) is 0.692. The van der Waals surface area contributed by atoms with Gasteiger partial charge >= 0.3 is 0 Å². The summed E-state index contributed by atoms with van der Waals surface area (Å²) < 4.78 is 0.779. The van der Waals surface area contributed by atoms with Crippen LogP contribution in [0.25, 0.3) is 0 Å². The van der Waals surface area contributed by atoms with Gasteiger partial charge in [0.2, 0.25) is 0 Å². The lowest BCUT2D eigenvalue weighted by atomic mass is 9.96. The van der Waals surface area contributed by atoms with Gasteiger partial charge in [0.15, 0.2) is 0 Å². The van der Waals surface area contributed by atoms with Crippen molar-refractivity contribution in [2.45, 2.75) is 46.1 Å². The van der Waals surface area contributed by atoms with E-state index >= 15 is 0 Å². The van der Waals surface area contributed by atoms with Gasteiger partial charge in [0.25, 0.3) is 0 Å². The van der Waals surface area contributed by atoms with Crippen LogP contribution in [0.1, 0.15) is 40.4 Å². The Bertz CT molecular complexity index is 402. The van der Waals surface area contributed by atoms with Crippen molar-refractivity contribution >= 4 is 21.7 Å². The first kappa shape index (κ1) is 15.4. The fourth-order valence-corrected chi connectivity index (χ4v) is 2.01. The Balaban J connectivity index is 3.19. The Hall–Kier alpha value is -0.680. The third-order valence-electron chi connectivity index (χ3n) is 2.61. The van der Waals surface area contributed by atoms with Crippen molar-refractivity contribution in [1.82, 2.24) is 9.97 Å². The summed E-state index contributed by atoms with van der Waals surface area (Å²) in [6.07, 6.45) is 0. The molecule has 18 heavy (non-hydrogen) atoms. The molecule has 1 aromatic rings. The predicted molar refractivity (Wildman–Crippen MR) is 78.0 cm³/mol. The molecule has 0 saturated heterocycles. The molecule has 1 aromatic heterocycles. The van der Waals surface area contributed by atoms with Crippen LogP contribution in [0.3, 0.4) is 0 Å². The number of anilines is 1. The molecule has 102 valence electrons. The maximum Gasteiger partial charge on any atom is 0.137 e. The van der Waals surface area contributed by atoms with Gasteiger partial charge in [0.1, 0.15) is 16.2 Å². The van der Waals surface area contributed by atoms with E-state index in [9.17, 15) is 0 Å². The highest BCUT2D eigenvalue weighted by Crippen LogP contribution is 2.25. The number of hydrogen-bond donors (Lipinski definition) is 1. The summed E-state index contributed by atoms with van der Waals surface area (Å²) in [5, 5.41) is 9.15. The standard InChI is InChI=1S/C13H22BrN3O/c1-9(2)17(6-7-18)11-8-10(14)15-12(16-11)13(3,4)5/h8-9,18H,6-7H2,1-5H3. The Morgan fingerprint density at radius 1 is 1.33 bits per heavy atom. The first-order valence-corrected chi connectivity index (χ1v) is 6.97. The summed E-state index contributed by atoms with van der Waals surface area (Å²) in [6, 6.07) is 2.18. The lowest BCUT2D eigenvalue weighted by Gasteiger charge is -2.28. The molecular formula is C13H22BrN3O. The van der Waals surface area contributed by atoms with Crippen LogP contribution in [-0.4, -0.2) is 34.3 Å². The topological polar surface area (TPSA) is 49.2 Å². The molecule has 0 saturated carbocycles. The monoisotopic (exact) mass is 315 g/mol. The average molecular weight is 316 g/mol. The molecule has 1 heterocycles. The molecule has 0 bridgehead atoms. The maximum atomic E-state index is 9.15. The molecule has 0 aliphatic heterocycles. The number of aliphatic hydroxyl groups is 1. The Morgan fingerprint density at radius 2 is 1.94 bits per heavy atom. The summed E-state index contributed by atoms with van der Waals surface area (Å²) in [7, 11) is 0. The van der Waals surface area contributed by atoms with E-state index in [-0.39, 0.29) is 18.1 Å². The number of aromatic nitrogens is 2. The summed E-state index contributed by atoms with van der Waals surface area (Å²) in [5.41, 5.74) is -0.0968. The van der Waals surface area contributed by atoms with Crippen molar-refractivity contribution in [1.29, 1.82) is 0 Å². The van der Waals surface area contributed by atoms with E-state index < -0.39 is 0 Å². The summed E-state index contributed by atoms with van der Waals surface area (Å²) in [5.74, 6) is 1.65. The molecule has 0 aliphatic rings. The van der Waals surface area contributed by atoms with E-state index in [0.717, 1.165) is 16.2 Å². The second kappa shape index (κ2) is 5.97. The van der Waals surface area contributed by atoms with Crippen molar-refractivity contribution in [2.24, 2.45) is 0 Å². The summed E-state index contributed by atoms with van der Waals surface area (Å²) in [4.78, 5) is 11.1. The van der Waals surface area contributed by atoms with Crippen molar-refractivity contribution < 1.29 is 5.11 Å². The van der Waals surface area contributed by atoms with Crippen LogP contribution in [0, 0.1) is 0 Å². The van der Waals surface area contributed by atoms with Gasteiger partial charge in [-0.25, -0.2) is 9.97 Å². The van der Waals surface area contributed by atoms with Gasteiger partial charge in [0, 0.05) is 24.1 Å². The third-order valence-corrected chi connectivity index (χ3v) is 3.02. The zero-order chi connectivity index (χ0) is 13.9. The van der Waals surface area contributed by atoms with Crippen molar-refractivity contribution in [3.05, 3.63) is 16.5 Å². The molecule has 0 radical (unpaired) electrons. The van der Waals surface area contributed by atoms with Gasteiger partial charge in [-0.05, 0) is 29.8 Å². The minimum absolute atomic E-state index is 0.0968. The number of nitrogens with zero attached hydrogens (tertiary/aromatic N) is 3. The van der Waals surface area contributed by atoms with Crippen LogP contribution in [0.15, 0.2) is 10.7 Å². The van der Waals surface area contributed by atoms with Gasteiger partial charge in [-0.3, -0.25) is 0 Å². The first-order chi connectivity index (χ1) is 8.25. The van der Waals surface area contributed by atoms with Crippen LogP contribution < -0.4 is 4.90 Å². The van der Waals surface area contributed by atoms with Gasteiger partial charge in [-0.2, -0.15) is 0 Å². The molecule has 5 heteroatoms. The van der Waals surface area contributed by atoms with Crippen molar-refractivity contribution in [3.63, 3.8) is 0 Å². The van der Waals surface area contributed by atoms with Crippen LogP contribution in [-0.2, 0) is 5.41 Å². The molecule has 0 aliphatic carbocycles. The zero-order valence-electron chi connectivity index (χ0n) is 11.7. The van der Waals surface area contributed by atoms with Gasteiger partial charge in [-0.1, -0.05) is 20.8 Å². The van der Waals surface area contributed by atoms with E-state index in [1.165, 1.54) is 0 Å². The molecule has 0 amide bonds. The second-order valence-electron chi connectivity index (χ2n) is 5.63. The van der Waals surface area contributed by atoms with Gasteiger partial charge in [0.05, 0.1) is 6.61 Å². The van der Waals surface area contributed by atoms with Crippen molar-refractivity contribution in [2.75, 3.05) is 18.1 Å². The minimum Gasteiger partial charge on any atom is -0.395 e. The number of rotatable bonds is 4. The lowest BCUT2D eigenvalue weighted by Crippen LogP contribution is -2.35. The van der Waals surface area contributed by atoms with E-state index in [2.05, 4.69) is 65.4 Å². The molecule has 0 fully saturated rings. The molecule has 0 atom stereocenters. The van der Waals surface area contributed by atoms with E-state index in [1.54, 1.807) is 0 Å². The Labute approximate surface area is 118 Å². The van der Waals surface area contributed by atoms with E-state index in [0.29, 0.717) is 6.54 Å². The molecule has 4 nitrogen and oxygen atoms in total. The van der Waals surface area contributed by atoms with E-state index in [4.69, 9.17) is 5.11 Å². The zero-order valence-corrected chi connectivity index (χ0v) is 13.3. The summed E-state index contributed by atoms with van der Waals surface area (Å²) >= 11 is 3.43. The van der Waals surface area contributed by atoms with Gasteiger partial charge in [-0.15, -0.1) is 0 Å². The smallest absolute Gasteiger partial charge is 0.137 e. The quantitative estimate of drug-likeness (QED) is 0.868. The highest BCUT2D eigenvalue weighted by atomic mass is 79.9. The molecule has 0 spiro atoms. The Kier molecular flexibility index (Phi) is 5.10. The number of hydrogen-bond acceptors (Lipinski definition) is 4. The van der Waals surface area contributed by atoms with Crippen LogP contribution in [0.4, 0.5) is 5.82 Å². The molecule has 1 N–H and O–H groups in total. The largest absolute Gasteiger partial charge is 0.395 e. The SMILES string of the molecule is CC(C)N(CCO)c1cc(Br)nc(C(C)(C)C)n1. The first-order valence-electron chi connectivity index (χ1n) is 6.18. The predicted octanol–water partition coefficient (Wildman–Crippen LogP) is 2.74. The number of aliphatic hydroxyl groups excluding tert-OH is 1. The highest BCUT2D eigenvalue weighted by Gasteiger charge is 2.21. The highest BCUT2D eigenvalue weighted by molar-refractivity contribution is 9.10. The maximum absolute atomic E-state index is 9.15. The molecule has 1 rings (SSSR count). The molecule has 0 unspecified atom stereocenters. The second-order valence-corrected chi connectivity index (χ2v) is 6.45. The average Bonchev–Trinajstić information content (AvgIpc) is 2.23.